The van der Waals surface area contributed by atoms with E-state index >= 15 is 4.39 Å². The second kappa shape index (κ2) is 9.39. The molecule has 1 amide bonds. The van der Waals surface area contributed by atoms with Crippen LogP contribution in [0.15, 0.2) is 36.4 Å². The van der Waals surface area contributed by atoms with E-state index in [9.17, 15) is 14.7 Å². The molecule has 0 bridgehead atoms. The molecule has 4 atom stereocenters. The molecule has 0 unspecified atom stereocenters. The van der Waals surface area contributed by atoms with Gasteiger partial charge in [0.2, 0.25) is 5.91 Å². The molecule has 5 nitrogen and oxygen atoms in total. The van der Waals surface area contributed by atoms with Gasteiger partial charge in [-0.25, -0.2) is 4.39 Å². The molecule has 2 aromatic carbocycles. The Kier molecular flexibility index (Phi) is 7.06. The molecule has 0 aromatic heterocycles. The number of halogens is 3. The van der Waals surface area contributed by atoms with Gasteiger partial charge in [0.25, 0.3) is 0 Å². The lowest BCUT2D eigenvalue weighted by Crippen LogP contribution is -2.49. The van der Waals surface area contributed by atoms with Crippen molar-refractivity contribution in [3.8, 4) is 0 Å². The van der Waals surface area contributed by atoms with Crippen LogP contribution < -0.4 is 10.6 Å². The Hall–Kier alpha value is -1.99. The Morgan fingerprint density at radius 2 is 1.83 bits per heavy atom. The van der Waals surface area contributed by atoms with E-state index in [2.05, 4.69) is 31.4 Å². The van der Waals surface area contributed by atoms with Crippen LogP contribution in [0.1, 0.15) is 70.9 Å². The quantitative estimate of drug-likeness (QED) is 0.424. The van der Waals surface area contributed by atoms with Crippen molar-refractivity contribution >= 4 is 40.6 Å². The van der Waals surface area contributed by atoms with Crippen LogP contribution >= 0.6 is 23.2 Å². The summed E-state index contributed by atoms with van der Waals surface area (Å²) in [5.41, 5.74) is -1.06. The van der Waals surface area contributed by atoms with Crippen molar-refractivity contribution in [2.24, 2.45) is 5.41 Å². The number of carbonyl (C=O) groups excluding carboxylic acids is 2. The predicted molar refractivity (Wildman–Crippen MR) is 141 cm³/mol. The summed E-state index contributed by atoms with van der Waals surface area (Å²) in [5, 5.41) is 17.1. The Bertz CT molecular complexity index is 1200. The summed E-state index contributed by atoms with van der Waals surface area (Å²) < 4.78 is 15.7. The van der Waals surface area contributed by atoms with Gasteiger partial charge in [-0.05, 0) is 61.4 Å². The zero-order valence-electron chi connectivity index (χ0n) is 21.2. The van der Waals surface area contributed by atoms with Crippen molar-refractivity contribution in [3.05, 3.63) is 63.4 Å². The summed E-state index contributed by atoms with van der Waals surface area (Å²) >= 11 is 12.5. The summed E-state index contributed by atoms with van der Waals surface area (Å²) in [6.07, 6.45) is 0.869. The molecule has 194 valence electrons. The third kappa shape index (κ3) is 4.81. The van der Waals surface area contributed by atoms with Gasteiger partial charge in [0.05, 0.1) is 16.7 Å². The van der Waals surface area contributed by atoms with E-state index in [1.54, 1.807) is 44.2 Å². The molecule has 3 N–H and O–H groups in total. The normalized spacial score (nSPS) is 25.8. The smallest absolute Gasteiger partial charge is 0.237 e. The van der Waals surface area contributed by atoms with Crippen LogP contribution in [0, 0.1) is 11.2 Å². The van der Waals surface area contributed by atoms with Crippen molar-refractivity contribution in [3.63, 3.8) is 0 Å². The minimum Gasteiger partial charge on any atom is -0.390 e. The molecular weight excluding hydrogens is 502 g/mol. The first kappa shape index (κ1) is 27.1. The molecule has 2 aliphatic heterocycles. The molecule has 2 heterocycles. The van der Waals surface area contributed by atoms with Crippen LogP contribution in [0.5, 0.6) is 0 Å². The van der Waals surface area contributed by atoms with E-state index in [1.165, 1.54) is 6.07 Å². The van der Waals surface area contributed by atoms with E-state index in [4.69, 9.17) is 23.2 Å². The van der Waals surface area contributed by atoms with E-state index in [0.29, 0.717) is 22.7 Å². The topological polar surface area (TPSA) is 78.4 Å². The van der Waals surface area contributed by atoms with Crippen LogP contribution in [-0.2, 0) is 15.0 Å². The molecule has 1 fully saturated rings. The van der Waals surface area contributed by atoms with E-state index < -0.39 is 34.8 Å². The molecule has 2 aromatic rings. The summed E-state index contributed by atoms with van der Waals surface area (Å²) in [4.78, 5) is 27.7. The molecular formula is C28H33Cl2FN2O3. The van der Waals surface area contributed by atoms with Gasteiger partial charge in [-0.3, -0.25) is 9.59 Å². The number of fused-ring (bicyclic) bond motifs is 2. The molecule has 1 saturated heterocycles. The van der Waals surface area contributed by atoms with Crippen molar-refractivity contribution in [1.82, 2.24) is 5.32 Å². The number of ketones is 1. The van der Waals surface area contributed by atoms with Gasteiger partial charge < -0.3 is 15.7 Å². The molecule has 1 spiro atoms. The highest BCUT2D eigenvalue weighted by Gasteiger charge is 2.66. The lowest BCUT2D eigenvalue weighted by atomic mass is 9.62. The SMILES string of the molecule is CC(C)(C)C[C@H]1N[C@@H](C(=O)CCC(C)(C)O)[C@H](c2cccc(Cl)c2F)[C@@]12C(=O)Nc1cc(Cl)ccc12. The van der Waals surface area contributed by atoms with Crippen LogP contribution in [0.4, 0.5) is 10.1 Å². The number of Topliss-reactive ketones (excluding diaryl/α,β-unsaturated/α-hetero) is 1. The fraction of sp³-hybridized carbons (Fsp3) is 0.500. The Balaban J connectivity index is 1.96. The molecule has 2 aliphatic rings. The maximum Gasteiger partial charge on any atom is 0.237 e. The van der Waals surface area contributed by atoms with Gasteiger partial charge >= 0.3 is 0 Å². The first-order chi connectivity index (χ1) is 16.6. The number of anilines is 1. The second-order valence-corrected chi connectivity index (χ2v) is 12.7. The number of hydrogen-bond donors (Lipinski definition) is 3. The lowest BCUT2D eigenvalue weighted by Gasteiger charge is -2.37. The first-order valence-electron chi connectivity index (χ1n) is 12.2. The molecule has 8 heteroatoms. The second-order valence-electron chi connectivity index (χ2n) is 11.9. The molecule has 0 saturated carbocycles. The number of aliphatic hydroxyl groups is 1. The molecule has 4 rings (SSSR count). The lowest BCUT2D eigenvalue weighted by molar-refractivity contribution is -0.123. The van der Waals surface area contributed by atoms with Gasteiger partial charge in [0, 0.05) is 29.1 Å². The van der Waals surface area contributed by atoms with Crippen LogP contribution in [0.2, 0.25) is 10.0 Å². The van der Waals surface area contributed by atoms with Crippen LogP contribution in [0.3, 0.4) is 0 Å². The average Bonchev–Trinajstić information content (AvgIpc) is 3.22. The van der Waals surface area contributed by atoms with Gasteiger partial charge in [0.15, 0.2) is 5.78 Å². The summed E-state index contributed by atoms with van der Waals surface area (Å²) in [7, 11) is 0. The van der Waals surface area contributed by atoms with Crippen LogP contribution in [0.25, 0.3) is 0 Å². The van der Waals surface area contributed by atoms with Gasteiger partial charge in [-0.2, -0.15) is 0 Å². The predicted octanol–water partition coefficient (Wildman–Crippen LogP) is 6.00. The highest BCUT2D eigenvalue weighted by Crippen LogP contribution is 2.57. The monoisotopic (exact) mass is 534 g/mol. The Morgan fingerprint density at radius 1 is 1.14 bits per heavy atom. The number of carbonyl (C=O) groups is 2. The number of benzene rings is 2. The van der Waals surface area contributed by atoms with E-state index in [0.717, 1.165) is 0 Å². The van der Waals surface area contributed by atoms with Gasteiger partial charge in [-0.1, -0.05) is 62.2 Å². The average molecular weight is 535 g/mol. The molecule has 0 aliphatic carbocycles. The highest BCUT2D eigenvalue weighted by molar-refractivity contribution is 6.31. The summed E-state index contributed by atoms with van der Waals surface area (Å²) in [6, 6.07) is 8.56. The minimum absolute atomic E-state index is 0.0700. The van der Waals surface area contributed by atoms with Gasteiger partial charge in [0.1, 0.15) is 11.2 Å². The number of hydrogen-bond acceptors (Lipinski definition) is 4. The Morgan fingerprint density at radius 3 is 2.47 bits per heavy atom. The standard InChI is InChI=1S/C28H33Cl2FN2O3/c1-26(2,3)14-21-28(17-10-9-15(29)13-19(17)32-25(28)35)22(16-7-6-8-18(30)23(16)31)24(33-21)20(34)11-12-27(4,5)36/h6-10,13,21-22,24,33,36H,11-12,14H2,1-5H3,(H,32,35)/t21-,22+,24+,28+/m1/s1. The minimum atomic E-state index is -1.27. The molecule has 36 heavy (non-hydrogen) atoms. The van der Waals surface area contributed by atoms with E-state index in [1.807, 2.05) is 0 Å². The highest BCUT2D eigenvalue weighted by atomic mass is 35.5. The third-order valence-corrected chi connectivity index (χ3v) is 7.80. The largest absolute Gasteiger partial charge is 0.390 e. The van der Waals surface area contributed by atoms with Crippen molar-refractivity contribution in [2.75, 3.05) is 5.32 Å². The zero-order chi connectivity index (χ0) is 26.6. The van der Waals surface area contributed by atoms with Gasteiger partial charge in [-0.15, -0.1) is 0 Å². The maximum atomic E-state index is 15.7. The summed E-state index contributed by atoms with van der Waals surface area (Å²) in [6.45, 7) is 9.48. The van der Waals surface area contributed by atoms with E-state index in [-0.39, 0.29) is 40.5 Å². The molecule has 0 radical (unpaired) electrons. The van der Waals surface area contributed by atoms with Crippen LogP contribution in [-0.4, -0.2) is 34.5 Å². The Labute approximate surface area is 221 Å². The fourth-order valence-electron chi connectivity index (χ4n) is 5.79. The third-order valence-electron chi connectivity index (χ3n) is 7.27. The first-order valence-corrected chi connectivity index (χ1v) is 13.0. The number of rotatable bonds is 6. The number of nitrogens with one attached hydrogen (secondary N) is 2. The summed E-state index contributed by atoms with van der Waals surface area (Å²) in [5.74, 6) is -1.99. The van der Waals surface area contributed by atoms with Crippen molar-refractivity contribution in [1.29, 1.82) is 0 Å². The fourth-order valence-corrected chi connectivity index (χ4v) is 6.14. The number of amides is 1. The van der Waals surface area contributed by atoms with Crippen molar-refractivity contribution in [2.45, 2.75) is 82.9 Å². The maximum absolute atomic E-state index is 15.7. The van der Waals surface area contributed by atoms with Crippen molar-refractivity contribution < 1.29 is 19.1 Å². The zero-order valence-corrected chi connectivity index (χ0v) is 22.7.